The average Bonchev–Trinajstić information content (AvgIpc) is 3.51. The van der Waals surface area contributed by atoms with Gasteiger partial charge in [-0.1, -0.05) is 17.7 Å². The first-order valence-corrected chi connectivity index (χ1v) is 15.7. The molecule has 0 spiro atoms. The van der Waals surface area contributed by atoms with Gasteiger partial charge in [0.1, 0.15) is 24.7 Å². The molecule has 12 heteroatoms. The summed E-state index contributed by atoms with van der Waals surface area (Å²) in [5.74, 6) is 0.498. The van der Waals surface area contributed by atoms with Crippen molar-refractivity contribution in [3.8, 4) is 11.5 Å². The predicted molar refractivity (Wildman–Crippen MR) is 152 cm³/mol. The van der Waals surface area contributed by atoms with Crippen LogP contribution < -0.4 is 19.1 Å². The van der Waals surface area contributed by atoms with Gasteiger partial charge < -0.3 is 14.8 Å². The van der Waals surface area contributed by atoms with Gasteiger partial charge in [0.05, 0.1) is 29.1 Å². The third-order valence-electron chi connectivity index (χ3n) is 6.48. The van der Waals surface area contributed by atoms with E-state index in [1.807, 2.05) is 6.92 Å². The number of hydrogen-bond donors (Lipinski definition) is 1. The van der Waals surface area contributed by atoms with Crippen molar-refractivity contribution in [2.75, 3.05) is 44.2 Å². The van der Waals surface area contributed by atoms with Crippen molar-refractivity contribution in [2.45, 2.75) is 29.6 Å². The zero-order valence-electron chi connectivity index (χ0n) is 22.4. The fourth-order valence-electron chi connectivity index (χ4n) is 4.23. The molecule has 0 unspecified atom stereocenters. The fourth-order valence-corrected chi connectivity index (χ4v) is 7.17. The van der Waals surface area contributed by atoms with Crippen LogP contribution in [-0.4, -0.2) is 66.9 Å². The highest BCUT2D eigenvalue weighted by atomic mass is 32.2. The number of carbonyl (C=O) groups is 1. The molecule has 0 radical (unpaired) electrons. The Bertz CT molecular complexity index is 1500. The van der Waals surface area contributed by atoms with Gasteiger partial charge in [-0.05, 0) is 80.4 Å². The standard InChI is InChI=1S/C28H33N3O7S2/c1-22-5-13-27(14-6-22)40(35,36)31(23-7-9-24(37-2)10-8-23)21-28(32)29-17-20-38-25-11-15-26(16-12-25)39(33,34)30-18-3-4-19-30/h5-16H,3-4,17-21H2,1-2H3,(H,29,32). The third-order valence-corrected chi connectivity index (χ3v) is 10.2. The molecule has 10 nitrogen and oxygen atoms in total. The Hall–Kier alpha value is -3.61. The zero-order valence-corrected chi connectivity index (χ0v) is 24.1. The van der Waals surface area contributed by atoms with Gasteiger partial charge in [0.15, 0.2) is 0 Å². The van der Waals surface area contributed by atoms with E-state index in [9.17, 15) is 21.6 Å². The average molecular weight is 588 g/mol. The van der Waals surface area contributed by atoms with Crippen molar-refractivity contribution in [2.24, 2.45) is 0 Å². The number of carbonyl (C=O) groups excluding carboxylic acids is 1. The number of hydrogen-bond acceptors (Lipinski definition) is 7. The highest BCUT2D eigenvalue weighted by molar-refractivity contribution is 7.92. The Labute approximate surface area is 235 Å². The number of methoxy groups -OCH3 is 1. The largest absolute Gasteiger partial charge is 0.497 e. The molecule has 4 rings (SSSR count). The van der Waals surface area contributed by atoms with Crippen LogP contribution in [0.4, 0.5) is 5.69 Å². The SMILES string of the molecule is COc1ccc(N(CC(=O)NCCOc2ccc(S(=O)(=O)N3CCCC3)cc2)S(=O)(=O)c2ccc(C)cc2)cc1. The Kier molecular flexibility index (Phi) is 9.33. The van der Waals surface area contributed by atoms with Gasteiger partial charge >= 0.3 is 0 Å². The number of aryl methyl sites for hydroxylation is 1. The Morgan fingerprint density at radius 3 is 2.02 bits per heavy atom. The molecule has 1 aliphatic rings. The molecule has 1 amide bonds. The van der Waals surface area contributed by atoms with Crippen LogP contribution in [0.3, 0.4) is 0 Å². The molecule has 1 N–H and O–H groups in total. The van der Waals surface area contributed by atoms with E-state index in [2.05, 4.69) is 5.32 Å². The van der Waals surface area contributed by atoms with Gasteiger partial charge in [-0.2, -0.15) is 4.31 Å². The molecule has 214 valence electrons. The lowest BCUT2D eigenvalue weighted by molar-refractivity contribution is -0.119. The number of ether oxygens (including phenoxy) is 2. The molecule has 0 aliphatic carbocycles. The second-order valence-corrected chi connectivity index (χ2v) is 13.1. The van der Waals surface area contributed by atoms with Crippen molar-refractivity contribution < 1.29 is 31.1 Å². The van der Waals surface area contributed by atoms with E-state index in [4.69, 9.17) is 9.47 Å². The first kappa shape index (κ1) is 29.4. The van der Waals surface area contributed by atoms with Gasteiger partial charge in [-0.25, -0.2) is 16.8 Å². The summed E-state index contributed by atoms with van der Waals surface area (Å²) in [5.41, 5.74) is 1.23. The zero-order chi connectivity index (χ0) is 28.8. The van der Waals surface area contributed by atoms with Gasteiger partial charge in [-0.15, -0.1) is 0 Å². The number of nitrogens with zero attached hydrogens (tertiary/aromatic N) is 2. The van der Waals surface area contributed by atoms with Crippen LogP contribution in [0.5, 0.6) is 11.5 Å². The van der Waals surface area contributed by atoms with E-state index >= 15 is 0 Å². The molecule has 3 aromatic carbocycles. The summed E-state index contributed by atoms with van der Waals surface area (Å²) in [7, 11) is -6.03. The summed E-state index contributed by atoms with van der Waals surface area (Å²) >= 11 is 0. The maximum absolute atomic E-state index is 13.5. The molecule has 0 bridgehead atoms. The van der Waals surface area contributed by atoms with Crippen LogP contribution in [0, 0.1) is 6.92 Å². The molecule has 1 heterocycles. The molecule has 1 fully saturated rings. The summed E-state index contributed by atoms with van der Waals surface area (Å²) in [6.45, 7) is 2.71. The maximum atomic E-state index is 13.5. The maximum Gasteiger partial charge on any atom is 0.264 e. The van der Waals surface area contributed by atoms with Crippen LogP contribution in [-0.2, 0) is 24.8 Å². The summed E-state index contributed by atoms with van der Waals surface area (Å²) in [6.07, 6.45) is 1.73. The van der Waals surface area contributed by atoms with Crippen molar-refractivity contribution in [3.05, 3.63) is 78.4 Å². The van der Waals surface area contributed by atoms with Gasteiger partial charge in [0, 0.05) is 13.1 Å². The Morgan fingerprint density at radius 1 is 0.850 bits per heavy atom. The lowest BCUT2D eigenvalue weighted by Gasteiger charge is -2.24. The molecule has 1 aliphatic heterocycles. The topological polar surface area (TPSA) is 122 Å². The number of rotatable bonds is 12. The van der Waals surface area contributed by atoms with Crippen molar-refractivity contribution in [3.63, 3.8) is 0 Å². The molecule has 40 heavy (non-hydrogen) atoms. The van der Waals surface area contributed by atoms with Crippen LogP contribution in [0.25, 0.3) is 0 Å². The molecule has 3 aromatic rings. The van der Waals surface area contributed by atoms with E-state index in [1.165, 1.54) is 35.7 Å². The number of anilines is 1. The second-order valence-electron chi connectivity index (χ2n) is 9.30. The van der Waals surface area contributed by atoms with Gasteiger partial charge in [-0.3, -0.25) is 9.10 Å². The Balaban J connectivity index is 1.36. The van der Waals surface area contributed by atoms with Crippen molar-refractivity contribution >= 4 is 31.6 Å². The number of sulfonamides is 2. The number of nitrogens with one attached hydrogen (secondary N) is 1. The lowest BCUT2D eigenvalue weighted by Crippen LogP contribution is -2.41. The van der Waals surface area contributed by atoms with Crippen molar-refractivity contribution in [1.29, 1.82) is 0 Å². The number of benzene rings is 3. The van der Waals surface area contributed by atoms with E-state index < -0.39 is 32.5 Å². The monoisotopic (exact) mass is 587 g/mol. The summed E-state index contributed by atoms with van der Waals surface area (Å²) in [5, 5.41) is 2.68. The summed E-state index contributed by atoms with van der Waals surface area (Å²) < 4.78 is 65.6. The lowest BCUT2D eigenvalue weighted by atomic mass is 10.2. The smallest absolute Gasteiger partial charge is 0.264 e. The van der Waals surface area contributed by atoms with Gasteiger partial charge in [0.2, 0.25) is 15.9 Å². The molecular weight excluding hydrogens is 554 g/mol. The minimum Gasteiger partial charge on any atom is -0.497 e. The minimum absolute atomic E-state index is 0.0697. The molecule has 0 aromatic heterocycles. The first-order chi connectivity index (χ1) is 19.1. The first-order valence-electron chi connectivity index (χ1n) is 12.8. The van der Waals surface area contributed by atoms with E-state index in [0.717, 1.165) is 22.7 Å². The Morgan fingerprint density at radius 2 is 1.43 bits per heavy atom. The highest BCUT2D eigenvalue weighted by Gasteiger charge is 2.28. The van der Waals surface area contributed by atoms with Crippen LogP contribution in [0.2, 0.25) is 0 Å². The van der Waals surface area contributed by atoms with Crippen LogP contribution in [0.15, 0.2) is 82.6 Å². The van der Waals surface area contributed by atoms with Gasteiger partial charge in [0.25, 0.3) is 10.0 Å². The predicted octanol–water partition coefficient (Wildman–Crippen LogP) is 3.18. The van der Waals surface area contributed by atoms with Crippen LogP contribution in [0.1, 0.15) is 18.4 Å². The van der Waals surface area contributed by atoms with E-state index in [0.29, 0.717) is 30.3 Å². The van der Waals surface area contributed by atoms with E-state index in [-0.39, 0.29) is 22.9 Å². The molecule has 1 saturated heterocycles. The summed E-state index contributed by atoms with van der Waals surface area (Å²) in [4.78, 5) is 13.1. The second kappa shape index (κ2) is 12.7. The van der Waals surface area contributed by atoms with E-state index in [1.54, 1.807) is 48.5 Å². The third kappa shape index (κ3) is 6.93. The van der Waals surface area contributed by atoms with Crippen molar-refractivity contribution in [1.82, 2.24) is 9.62 Å². The molecule has 0 saturated carbocycles. The highest BCUT2D eigenvalue weighted by Crippen LogP contribution is 2.26. The normalized spacial score (nSPS) is 14.1. The fraction of sp³-hybridized carbons (Fsp3) is 0.321. The summed E-state index contributed by atoms with van der Waals surface area (Å²) in [6, 6.07) is 19.0. The quantitative estimate of drug-likeness (QED) is 0.323. The number of amides is 1. The minimum atomic E-state index is -4.03. The molecule has 0 atom stereocenters. The van der Waals surface area contributed by atoms with Crippen LogP contribution >= 0.6 is 0 Å². The molecular formula is C28H33N3O7S2.